The van der Waals surface area contributed by atoms with E-state index in [1.807, 2.05) is 31.3 Å². The number of methoxy groups -OCH3 is 1. The van der Waals surface area contributed by atoms with Gasteiger partial charge in [-0.15, -0.1) is 0 Å². The van der Waals surface area contributed by atoms with Crippen molar-refractivity contribution in [3.8, 4) is 11.1 Å². The van der Waals surface area contributed by atoms with Gasteiger partial charge in [-0.3, -0.25) is 4.90 Å². The van der Waals surface area contributed by atoms with Gasteiger partial charge in [0.25, 0.3) is 0 Å². The van der Waals surface area contributed by atoms with E-state index in [9.17, 15) is 0 Å². The Hall–Kier alpha value is -1.98. The lowest BCUT2D eigenvalue weighted by atomic mass is 10.00. The topological polar surface area (TPSA) is 41.5 Å². The minimum absolute atomic E-state index is 0.331. The number of hydrogen-bond acceptors (Lipinski definition) is 5. The van der Waals surface area contributed by atoms with Crippen LogP contribution in [0.5, 0.6) is 0 Å². The number of nitrogens with zero attached hydrogens (tertiary/aromatic N) is 4. The van der Waals surface area contributed by atoms with Crippen LogP contribution in [0.4, 0.5) is 5.95 Å². The number of hydrogen-bond donors (Lipinski definition) is 0. The smallest absolute Gasteiger partial charge is 0.225 e. The molecule has 5 heteroatoms. The maximum atomic E-state index is 5.28. The minimum Gasteiger partial charge on any atom is -0.383 e. The molecule has 24 heavy (non-hydrogen) atoms. The number of anilines is 1. The third-order valence-corrected chi connectivity index (χ3v) is 4.55. The molecule has 1 aromatic heterocycles. The highest BCUT2D eigenvalue weighted by Gasteiger charge is 2.29. The van der Waals surface area contributed by atoms with E-state index in [1.54, 1.807) is 7.11 Å². The summed E-state index contributed by atoms with van der Waals surface area (Å²) in [4.78, 5) is 13.9. The predicted molar refractivity (Wildman–Crippen MR) is 97.2 cm³/mol. The van der Waals surface area contributed by atoms with Gasteiger partial charge in [0.15, 0.2) is 0 Å². The van der Waals surface area contributed by atoms with E-state index in [0.29, 0.717) is 6.04 Å². The lowest BCUT2D eigenvalue weighted by molar-refractivity contribution is 0.140. The van der Waals surface area contributed by atoms with Gasteiger partial charge in [0, 0.05) is 39.5 Å². The van der Waals surface area contributed by atoms with Crippen molar-refractivity contribution in [3.05, 3.63) is 42.2 Å². The summed E-state index contributed by atoms with van der Waals surface area (Å²) in [5.41, 5.74) is 3.44. The van der Waals surface area contributed by atoms with Crippen molar-refractivity contribution in [1.82, 2.24) is 14.9 Å². The molecule has 1 atom stereocenters. The average molecular weight is 326 g/mol. The van der Waals surface area contributed by atoms with Gasteiger partial charge in [0.1, 0.15) is 0 Å². The third-order valence-electron chi connectivity index (χ3n) is 4.55. The molecule has 3 rings (SSSR count). The van der Waals surface area contributed by atoms with E-state index in [4.69, 9.17) is 9.72 Å². The van der Waals surface area contributed by atoms with Gasteiger partial charge in [-0.2, -0.15) is 0 Å². The molecule has 2 heterocycles. The standard InChI is InChI=1S/C19H26N4O/c1-22(2)19-20-14-16(15-8-5-4-6-9-15)18(21-19)17-10-7-11-23(17)12-13-24-3/h4-6,8-9,14,17H,7,10-13H2,1-3H3/t17-/m1/s1. The van der Waals surface area contributed by atoms with Crippen molar-refractivity contribution < 1.29 is 4.74 Å². The fourth-order valence-corrected chi connectivity index (χ4v) is 3.31. The lowest BCUT2D eigenvalue weighted by Crippen LogP contribution is -2.28. The van der Waals surface area contributed by atoms with Crippen LogP contribution in [0.15, 0.2) is 36.5 Å². The van der Waals surface area contributed by atoms with Crippen molar-refractivity contribution in [3.63, 3.8) is 0 Å². The molecule has 0 spiro atoms. The summed E-state index contributed by atoms with van der Waals surface area (Å²) in [5.74, 6) is 0.767. The van der Waals surface area contributed by atoms with E-state index >= 15 is 0 Å². The third kappa shape index (κ3) is 3.57. The molecule has 0 amide bonds. The van der Waals surface area contributed by atoms with Crippen LogP contribution < -0.4 is 4.90 Å². The van der Waals surface area contributed by atoms with Crippen molar-refractivity contribution >= 4 is 5.95 Å². The number of ether oxygens (including phenoxy) is 1. The monoisotopic (exact) mass is 326 g/mol. The first-order valence-electron chi connectivity index (χ1n) is 8.53. The SMILES string of the molecule is COCCN1CCC[C@@H]1c1nc(N(C)C)ncc1-c1ccccc1. The Kier molecular flexibility index (Phi) is 5.43. The van der Waals surface area contributed by atoms with E-state index in [1.165, 1.54) is 12.0 Å². The fourth-order valence-electron chi connectivity index (χ4n) is 3.31. The first kappa shape index (κ1) is 16.9. The Balaban J connectivity index is 2.01. The average Bonchev–Trinajstić information content (AvgIpc) is 3.08. The largest absolute Gasteiger partial charge is 0.383 e. The molecule has 128 valence electrons. The maximum Gasteiger partial charge on any atom is 0.225 e. The molecule has 1 aliphatic heterocycles. The number of rotatable bonds is 6. The van der Waals surface area contributed by atoms with Crippen LogP contribution in [0.1, 0.15) is 24.6 Å². The Bertz CT molecular complexity index is 660. The van der Waals surface area contributed by atoms with Gasteiger partial charge in [0.2, 0.25) is 5.95 Å². The molecule has 5 nitrogen and oxygen atoms in total. The minimum atomic E-state index is 0.331. The van der Waals surface area contributed by atoms with Gasteiger partial charge in [-0.25, -0.2) is 9.97 Å². The molecule has 2 aromatic rings. The highest BCUT2D eigenvalue weighted by Crippen LogP contribution is 2.36. The zero-order chi connectivity index (χ0) is 16.9. The molecule has 0 radical (unpaired) electrons. The van der Waals surface area contributed by atoms with E-state index in [0.717, 1.165) is 43.3 Å². The Morgan fingerprint density at radius 3 is 2.75 bits per heavy atom. The van der Waals surface area contributed by atoms with Crippen LogP contribution in [0.3, 0.4) is 0 Å². The van der Waals surface area contributed by atoms with Crippen LogP contribution in [0, 0.1) is 0 Å². The van der Waals surface area contributed by atoms with Gasteiger partial charge < -0.3 is 9.64 Å². The summed E-state index contributed by atoms with van der Waals surface area (Å²) in [6, 6.07) is 10.8. The molecule has 1 saturated heterocycles. The molecule has 1 aliphatic rings. The fraction of sp³-hybridized carbons (Fsp3) is 0.474. The second-order valence-corrected chi connectivity index (χ2v) is 6.42. The predicted octanol–water partition coefficient (Wildman–Crippen LogP) is 2.99. The maximum absolute atomic E-state index is 5.28. The van der Waals surface area contributed by atoms with Crippen LogP contribution in [0.25, 0.3) is 11.1 Å². The van der Waals surface area contributed by atoms with Gasteiger partial charge in [-0.1, -0.05) is 30.3 Å². The van der Waals surface area contributed by atoms with Gasteiger partial charge in [-0.05, 0) is 24.9 Å². The van der Waals surface area contributed by atoms with Crippen molar-refractivity contribution in [2.45, 2.75) is 18.9 Å². The first-order valence-corrected chi connectivity index (χ1v) is 8.53. The highest BCUT2D eigenvalue weighted by molar-refractivity contribution is 5.66. The van der Waals surface area contributed by atoms with Crippen LogP contribution in [-0.2, 0) is 4.74 Å². The molecule has 0 N–H and O–H groups in total. The van der Waals surface area contributed by atoms with E-state index in [2.05, 4.69) is 34.1 Å². The lowest BCUT2D eigenvalue weighted by Gasteiger charge is -2.26. The summed E-state index contributed by atoms with van der Waals surface area (Å²) in [7, 11) is 5.73. The molecular formula is C19H26N4O. The summed E-state index contributed by atoms with van der Waals surface area (Å²) < 4.78 is 5.28. The normalized spacial score (nSPS) is 18.0. The Morgan fingerprint density at radius 2 is 2.04 bits per heavy atom. The molecule has 0 bridgehead atoms. The zero-order valence-corrected chi connectivity index (χ0v) is 14.8. The molecule has 0 aliphatic carbocycles. The number of likely N-dealkylation sites (tertiary alicyclic amines) is 1. The van der Waals surface area contributed by atoms with Crippen molar-refractivity contribution in [2.24, 2.45) is 0 Å². The van der Waals surface area contributed by atoms with E-state index < -0.39 is 0 Å². The summed E-state index contributed by atoms with van der Waals surface area (Å²) in [5, 5.41) is 0. The first-order chi connectivity index (χ1) is 11.7. The van der Waals surface area contributed by atoms with Crippen LogP contribution >= 0.6 is 0 Å². The Morgan fingerprint density at radius 1 is 1.25 bits per heavy atom. The highest BCUT2D eigenvalue weighted by atomic mass is 16.5. The molecular weight excluding hydrogens is 300 g/mol. The van der Waals surface area contributed by atoms with Crippen LogP contribution in [0.2, 0.25) is 0 Å². The Labute approximate surface area is 144 Å². The van der Waals surface area contributed by atoms with Crippen molar-refractivity contribution in [2.75, 3.05) is 45.8 Å². The molecule has 0 unspecified atom stereocenters. The summed E-state index contributed by atoms with van der Waals surface area (Å²) in [6.45, 7) is 2.79. The summed E-state index contributed by atoms with van der Waals surface area (Å²) >= 11 is 0. The summed E-state index contributed by atoms with van der Waals surface area (Å²) in [6.07, 6.45) is 4.30. The van der Waals surface area contributed by atoms with Gasteiger partial charge in [0.05, 0.1) is 18.3 Å². The van der Waals surface area contributed by atoms with Crippen LogP contribution in [-0.4, -0.2) is 55.8 Å². The number of aromatic nitrogens is 2. The quantitative estimate of drug-likeness (QED) is 0.816. The molecule has 1 fully saturated rings. The molecule has 0 saturated carbocycles. The molecule has 1 aromatic carbocycles. The number of benzene rings is 1. The zero-order valence-electron chi connectivity index (χ0n) is 14.8. The second kappa shape index (κ2) is 7.73. The van der Waals surface area contributed by atoms with E-state index in [-0.39, 0.29) is 0 Å². The van der Waals surface area contributed by atoms with Crippen molar-refractivity contribution in [1.29, 1.82) is 0 Å². The van der Waals surface area contributed by atoms with Gasteiger partial charge >= 0.3 is 0 Å². The second-order valence-electron chi connectivity index (χ2n) is 6.42.